The van der Waals surface area contributed by atoms with E-state index in [1.54, 1.807) is 0 Å². The lowest BCUT2D eigenvalue weighted by Gasteiger charge is -2.30. The lowest BCUT2D eigenvalue weighted by molar-refractivity contribution is -0.105. The summed E-state index contributed by atoms with van der Waals surface area (Å²) in [6, 6.07) is 8.94. The van der Waals surface area contributed by atoms with Crippen molar-refractivity contribution in [3.8, 4) is 0 Å². The summed E-state index contributed by atoms with van der Waals surface area (Å²) >= 11 is 0. The monoisotopic (exact) mass is 282 g/mol. The summed E-state index contributed by atoms with van der Waals surface area (Å²) < 4.78 is 0. The molecule has 0 saturated heterocycles. The van der Waals surface area contributed by atoms with Crippen molar-refractivity contribution in [2.45, 2.75) is 51.9 Å². The molecule has 0 saturated carbocycles. The van der Waals surface area contributed by atoms with Gasteiger partial charge in [0.1, 0.15) is 6.29 Å². The van der Waals surface area contributed by atoms with Crippen molar-refractivity contribution in [1.82, 2.24) is 0 Å². The number of hydrogen-bond donors (Lipinski definition) is 0. The van der Waals surface area contributed by atoms with E-state index in [9.17, 15) is 4.79 Å². The number of aryl methyl sites for hydroxylation is 1. The molecule has 112 valence electrons. The van der Waals surface area contributed by atoms with Crippen molar-refractivity contribution in [2.75, 3.05) is 0 Å². The van der Waals surface area contributed by atoms with Gasteiger partial charge in [0.15, 0.2) is 0 Å². The molecular formula is C20H26O. The number of rotatable bonds is 6. The van der Waals surface area contributed by atoms with Crippen LogP contribution in [0.5, 0.6) is 0 Å². The second-order valence-electron chi connectivity index (χ2n) is 6.22. The Labute approximate surface area is 128 Å². The van der Waals surface area contributed by atoms with Crippen LogP contribution in [0, 0.1) is 5.92 Å². The molecule has 2 rings (SSSR count). The Morgan fingerprint density at radius 2 is 2.05 bits per heavy atom. The maximum atomic E-state index is 11.1. The minimum absolute atomic E-state index is 0.302. The first-order chi connectivity index (χ1) is 10.2. The second-order valence-corrected chi connectivity index (χ2v) is 6.22. The fourth-order valence-corrected chi connectivity index (χ4v) is 3.20. The van der Waals surface area contributed by atoms with E-state index in [0.717, 1.165) is 31.1 Å². The quantitative estimate of drug-likeness (QED) is 0.516. The van der Waals surface area contributed by atoms with E-state index in [2.05, 4.69) is 50.8 Å². The zero-order chi connectivity index (χ0) is 15.2. The summed E-state index contributed by atoms with van der Waals surface area (Å²) in [6.45, 7) is 8.47. The lowest BCUT2D eigenvalue weighted by Crippen LogP contribution is -2.17. The van der Waals surface area contributed by atoms with E-state index < -0.39 is 0 Å². The number of carbonyl (C=O) groups is 1. The van der Waals surface area contributed by atoms with Crippen molar-refractivity contribution in [3.05, 3.63) is 59.2 Å². The molecule has 1 aliphatic rings. The molecule has 1 nitrogen and oxygen atoms in total. The van der Waals surface area contributed by atoms with Gasteiger partial charge in [0.25, 0.3) is 0 Å². The van der Waals surface area contributed by atoms with Crippen LogP contribution in [0.1, 0.15) is 56.6 Å². The number of carbonyl (C=O) groups excluding carboxylic acids is 1. The summed E-state index contributed by atoms with van der Waals surface area (Å²) in [4.78, 5) is 11.1. The largest absolute Gasteiger partial charge is 0.298 e. The van der Waals surface area contributed by atoms with Crippen LogP contribution in [0.15, 0.2) is 48.1 Å². The molecule has 2 atom stereocenters. The van der Waals surface area contributed by atoms with E-state index >= 15 is 0 Å². The SMILES string of the molecule is C=C(C)[C@@H]1CCC(C=O)=C[C@H]1c1ccc(CCCC)cc1. The topological polar surface area (TPSA) is 17.1 Å². The van der Waals surface area contributed by atoms with Crippen LogP contribution in [0.25, 0.3) is 0 Å². The van der Waals surface area contributed by atoms with Gasteiger partial charge < -0.3 is 0 Å². The van der Waals surface area contributed by atoms with Crippen molar-refractivity contribution >= 4 is 6.29 Å². The molecular weight excluding hydrogens is 256 g/mol. The first kappa shape index (κ1) is 15.8. The number of unbranched alkanes of at least 4 members (excludes halogenated alkanes) is 1. The van der Waals surface area contributed by atoms with Crippen LogP contribution < -0.4 is 0 Å². The molecule has 1 heteroatoms. The molecule has 0 N–H and O–H groups in total. The van der Waals surface area contributed by atoms with Crippen LogP contribution in [0.3, 0.4) is 0 Å². The highest BCUT2D eigenvalue weighted by Crippen LogP contribution is 2.39. The smallest absolute Gasteiger partial charge is 0.145 e. The molecule has 21 heavy (non-hydrogen) atoms. The van der Waals surface area contributed by atoms with Gasteiger partial charge in [-0.25, -0.2) is 0 Å². The molecule has 1 aromatic carbocycles. The van der Waals surface area contributed by atoms with Crippen molar-refractivity contribution < 1.29 is 4.79 Å². The molecule has 0 heterocycles. The third-order valence-electron chi connectivity index (χ3n) is 4.54. The van der Waals surface area contributed by atoms with E-state index in [0.29, 0.717) is 11.8 Å². The number of hydrogen-bond acceptors (Lipinski definition) is 1. The van der Waals surface area contributed by atoms with Gasteiger partial charge in [0.05, 0.1) is 0 Å². The summed E-state index contributed by atoms with van der Waals surface area (Å²) in [6.07, 6.45) is 8.70. The van der Waals surface area contributed by atoms with Crippen molar-refractivity contribution in [2.24, 2.45) is 5.92 Å². The highest BCUT2D eigenvalue weighted by atomic mass is 16.1. The third-order valence-corrected chi connectivity index (χ3v) is 4.54. The van der Waals surface area contributed by atoms with Crippen LogP contribution >= 0.6 is 0 Å². The van der Waals surface area contributed by atoms with Gasteiger partial charge in [-0.2, -0.15) is 0 Å². The molecule has 0 amide bonds. The first-order valence-electron chi connectivity index (χ1n) is 8.05. The van der Waals surface area contributed by atoms with E-state index in [4.69, 9.17) is 0 Å². The van der Waals surface area contributed by atoms with E-state index in [1.807, 2.05) is 0 Å². The van der Waals surface area contributed by atoms with Gasteiger partial charge in [-0.15, -0.1) is 0 Å². The molecule has 0 bridgehead atoms. The molecule has 0 aromatic heterocycles. The maximum absolute atomic E-state index is 11.1. The third kappa shape index (κ3) is 3.93. The van der Waals surface area contributed by atoms with E-state index in [-0.39, 0.29) is 0 Å². The standard InChI is InChI=1S/C20H26O/c1-4-5-6-16-7-10-18(11-8-16)20-13-17(14-21)9-12-19(20)15(2)3/h7-8,10-11,13-14,19-20H,2,4-6,9,12H2,1,3H3/t19-,20-/m0/s1. The summed E-state index contributed by atoms with van der Waals surface area (Å²) in [5.74, 6) is 0.756. The van der Waals surface area contributed by atoms with Gasteiger partial charge in [-0.1, -0.05) is 55.8 Å². The Kier molecular flexibility index (Phi) is 5.55. The molecule has 0 radical (unpaired) electrons. The fraction of sp³-hybridized carbons (Fsp3) is 0.450. The van der Waals surface area contributed by atoms with Crippen molar-refractivity contribution in [3.63, 3.8) is 0 Å². The number of aldehydes is 1. The first-order valence-corrected chi connectivity index (χ1v) is 8.05. The zero-order valence-corrected chi connectivity index (χ0v) is 13.3. The summed E-state index contributed by atoms with van der Waals surface area (Å²) in [5, 5.41) is 0. The van der Waals surface area contributed by atoms with Crippen LogP contribution in [-0.4, -0.2) is 6.29 Å². The van der Waals surface area contributed by atoms with Crippen molar-refractivity contribution in [1.29, 1.82) is 0 Å². The average molecular weight is 282 g/mol. The van der Waals surface area contributed by atoms with Crippen LogP contribution in [0.2, 0.25) is 0 Å². The Hall–Kier alpha value is -1.63. The number of allylic oxidation sites excluding steroid dienone is 3. The van der Waals surface area contributed by atoms with Crippen LogP contribution in [-0.2, 0) is 11.2 Å². The molecule has 1 aliphatic carbocycles. The van der Waals surface area contributed by atoms with Gasteiger partial charge in [0, 0.05) is 5.92 Å². The summed E-state index contributed by atoms with van der Waals surface area (Å²) in [5.41, 5.74) is 4.87. The minimum atomic E-state index is 0.302. The predicted octanol–water partition coefficient (Wildman–Crippen LogP) is 5.22. The zero-order valence-electron chi connectivity index (χ0n) is 13.3. The van der Waals surface area contributed by atoms with Gasteiger partial charge >= 0.3 is 0 Å². The average Bonchev–Trinajstić information content (AvgIpc) is 2.52. The highest BCUT2D eigenvalue weighted by Gasteiger charge is 2.26. The van der Waals surface area contributed by atoms with Gasteiger partial charge in [-0.3, -0.25) is 4.79 Å². The Morgan fingerprint density at radius 1 is 1.33 bits per heavy atom. The lowest BCUT2D eigenvalue weighted by atomic mass is 9.74. The molecule has 1 aromatic rings. The van der Waals surface area contributed by atoms with Gasteiger partial charge in [-0.05, 0) is 55.2 Å². The van der Waals surface area contributed by atoms with E-state index in [1.165, 1.54) is 29.5 Å². The van der Waals surface area contributed by atoms with Crippen LogP contribution in [0.4, 0.5) is 0 Å². The summed E-state index contributed by atoms with van der Waals surface area (Å²) in [7, 11) is 0. The second kappa shape index (κ2) is 7.40. The minimum Gasteiger partial charge on any atom is -0.298 e. The maximum Gasteiger partial charge on any atom is 0.145 e. The number of benzene rings is 1. The normalized spacial score (nSPS) is 21.7. The molecule has 0 aliphatic heterocycles. The molecule has 0 spiro atoms. The fourth-order valence-electron chi connectivity index (χ4n) is 3.20. The predicted molar refractivity (Wildman–Crippen MR) is 89.5 cm³/mol. The molecule has 0 fully saturated rings. The Bertz CT molecular complexity index is 521. The highest BCUT2D eigenvalue weighted by molar-refractivity contribution is 5.74. The molecule has 0 unspecified atom stereocenters. The Morgan fingerprint density at radius 3 is 2.62 bits per heavy atom. The Balaban J connectivity index is 2.23. The van der Waals surface area contributed by atoms with Gasteiger partial charge in [0.2, 0.25) is 0 Å².